The molecule has 2 aromatic rings. The van der Waals surface area contributed by atoms with Gasteiger partial charge in [0.15, 0.2) is 4.88 Å². The summed E-state index contributed by atoms with van der Waals surface area (Å²) >= 11 is 6.48. The molecule has 2 rings (SSSR count). The van der Waals surface area contributed by atoms with E-state index in [0.717, 1.165) is 22.8 Å². The van der Waals surface area contributed by atoms with Crippen molar-refractivity contribution in [1.82, 2.24) is 9.59 Å². The molecule has 0 fully saturated rings. The highest BCUT2D eigenvalue weighted by Gasteiger charge is 2.19. The molecule has 7 heteroatoms. The van der Waals surface area contributed by atoms with Crippen molar-refractivity contribution in [2.24, 2.45) is 0 Å². The average molecular weight is 299 g/mol. The molecular formula is C12H11ClN2O3S. The fourth-order valence-electron chi connectivity index (χ4n) is 1.46. The quantitative estimate of drug-likeness (QED) is 0.627. The fourth-order valence-corrected chi connectivity index (χ4v) is 2.12. The maximum atomic E-state index is 11.8. The molecule has 0 amide bonds. The van der Waals surface area contributed by atoms with Crippen LogP contribution in [0.4, 0.5) is 0 Å². The molecule has 1 aromatic carbocycles. The lowest BCUT2D eigenvalue weighted by Crippen LogP contribution is -2.06. The van der Waals surface area contributed by atoms with Gasteiger partial charge in [-0.25, -0.2) is 4.79 Å². The van der Waals surface area contributed by atoms with E-state index in [1.165, 1.54) is 0 Å². The Kier molecular flexibility index (Phi) is 4.70. The second-order valence-corrected chi connectivity index (χ2v) is 4.64. The van der Waals surface area contributed by atoms with Gasteiger partial charge in [0.2, 0.25) is 0 Å². The van der Waals surface area contributed by atoms with Crippen LogP contribution in [0.3, 0.4) is 0 Å². The van der Waals surface area contributed by atoms with Crippen molar-refractivity contribution in [3.8, 4) is 17.0 Å². The lowest BCUT2D eigenvalue weighted by molar-refractivity contribution is 0.0535. The van der Waals surface area contributed by atoms with Crippen LogP contribution in [0.15, 0.2) is 24.3 Å². The van der Waals surface area contributed by atoms with Crippen LogP contribution in [0.2, 0.25) is 0 Å². The molecule has 0 radical (unpaired) electrons. The predicted octanol–water partition coefficient (Wildman–Crippen LogP) is 2.61. The molecule has 0 aliphatic rings. The van der Waals surface area contributed by atoms with Gasteiger partial charge in [-0.05, 0) is 35.8 Å². The Bertz CT molecular complexity index is 556. The summed E-state index contributed by atoms with van der Waals surface area (Å²) in [4.78, 5) is 12.2. The molecule has 0 bridgehead atoms. The SMILES string of the molecule is COc1ccc(-c2nnsc2C(=O)OCCCl)cc1. The van der Waals surface area contributed by atoms with Crippen LogP contribution in [-0.4, -0.2) is 35.2 Å². The molecule has 0 saturated carbocycles. The Morgan fingerprint density at radius 1 is 1.37 bits per heavy atom. The van der Waals surface area contributed by atoms with Crippen molar-refractivity contribution in [3.63, 3.8) is 0 Å². The van der Waals surface area contributed by atoms with E-state index in [1.807, 2.05) is 12.1 Å². The highest BCUT2D eigenvalue weighted by atomic mass is 35.5. The smallest absolute Gasteiger partial charge is 0.352 e. The predicted molar refractivity (Wildman–Crippen MR) is 72.9 cm³/mol. The maximum Gasteiger partial charge on any atom is 0.352 e. The Morgan fingerprint density at radius 2 is 2.11 bits per heavy atom. The van der Waals surface area contributed by atoms with Crippen molar-refractivity contribution in [1.29, 1.82) is 0 Å². The number of rotatable bonds is 5. The molecule has 0 spiro atoms. The summed E-state index contributed by atoms with van der Waals surface area (Å²) < 4.78 is 13.9. The molecule has 19 heavy (non-hydrogen) atoms. The molecule has 1 aromatic heterocycles. The second kappa shape index (κ2) is 6.49. The zero-order valence-electron chi connectivity index (χ0n) is 10.1. The molecule has 1 heterocycles. The van der Waals surface area contributed by atoms with Gasteiger partial charge in [-0.3, -0.25) is 0 Å². The number of ether oxygens (including phenoxy) is 2. The first kappa shape index (κ1) is 13.8. The number of halogens is 1. The number of methoxy groups -OCH3 is 1. The van der Waals surface area contributed by atoms with Gasteiger partial charge in [-0.2, -0.15) is 0 Å². The average Bonchev–Trinajstić information content (AvgIpc) is 2.94. The number of carbonyl (C=O) groups excluding carboxylic acids is 1. The fraction of sp³-hybridized carbons (Fsp3) is 0.250. The van der Waals surface area contributed by atoms with Gasteiger partial charge in [0, 0.05) is 5.56 Å². The Labute approximate surface area is 119 Å². The van der Waals surface area contributed by atoms with Crippen LogP contribution in [0.5, 0.6) is 5.75 Å². The molecular weight excluding hydrogens is 288 g/mol. The van der Waals surface area contributed by atoms with Gasteiger partial charge in [0.25, 0.3) is 0 Å². The summed E-state index contributed by atoms with van der Waals surface area (Å²) in [5, 5.41) is 3.96. The van der Waals surface area contributed by atoms with Gasteiger partial charge >= 0.3 is 5.97 Å². The van der Waals surface area contributed by atoms with Crippen LogP contribution >= 0.6 is 23.1 Å². The normalized spacial score (nSPS) is 10.2. The van der Waals surface area contributed by atoms with E-state index in [0.29, 0.717) is 10.6 Å². The highest BCUT2D eigenvalue weighted by Crippen LogP contribution is 2.26. The number of alkyl halides is 1. The minimum Gasteiger partial charge on any atom is -0.497 e. The molecule has 0 aliphatic heterocycles. The molecule has 0 atom stereocenters. The molecule has 5 nitrogen and oxygen atoms in total. The molecule has 0 N–H and O–H groups in total. The summed E-state index contributed by atoms with van der Waals surface area (Å²) in [7, 11) is 1.59. The van der Waals surface area contributed by atoms with Crippen LogP contribution < -0.4 is 4.74 Å². The molecule has 0 saturated heterocycles. The Hall–Kier alpha value is -1.66. The van der Waals surface area contributed by atoms with Crippen molar-refractivity contribution < 1.29 is 14.3 Å². The van der Waals surface area contributed by atoms with Crippen molar-refractivity contribution in [3.05, 3.63) is 29.1 Å². The van der Waals surface area contributed by atoms with Crippen molar-refractivity contribution in [2.75, 3.05) is 19.6 Å². The minimum atomic E-state index is -0.457. The van der Waals surface area contributed by atoms with Crippen LogP contribution in [0.25, 0.3) is 11.3 Å². The highest BCUT2D eigenvalue weighted by molar-refractivity contribution is 7.08. The standard InChI is InChI=1S/C12H11ClN2O3S/c1-17-9-4-2-8(3-5-9)10-11(19-15-14-10)12(16)18-7-6-13/h2-5H,6-7H2,1H3. The van der Waals surface area contributed by atoms with Gasteiger partial charge < -0.3 is 9.47 Å². The topological polar surface area (TPSA) is 61.3 Å². The third-order valence-corrected chi connectivity index (χ3v) is 3.21. The van der Waals surface area contributed by atoms with E-state index in [2.05, 4.69) is 9.59 Å². The third-order valence-electron chi connectivity index (χ3n) is 2.35. The summed E-state index contributed by atoms with van der Waals surface area (Å²) in [6.07, 6.45) is 0. The lowest BCUT2D eigenvalue weighted by Gasteiger charge is -2.03. The van der Waals surface area contributed by atoms with E-state index in [9.17, 15) is 4.79 Å². The van der Waals surface area contributed by atoms with Gasteiger partial charge in [0.05, 0.1) is 13.0 Å². The molecule has 0 unspecified atom stereocenters. The molecule has 0 aliphatic carbocycles. The zero-order chi connectivity index (χ0) is 13.7. The van der Waals surface area contributed by atoms with E-state index >= 15 is 0 Å². The van der Waals surface area contributed by atoms with E-state index in [-0.39, 0.29) is 12.5 Å². The van der Waals surface area contributed by atoms with E-state index in [4.69, 9.17) is 21.1 Å². The summed E-state index contributed by atoms with van der Waals surface area (Å²) in [5.41, 5.74) is 1.29. The number of benzene rings is 1. The van der Waals surface area contributed by atoms with Crippen LogP contribution in [-0.2, 0) is 4.74 Å². The number of nitrogens with zero attached hydrogens (tertiary/aromatic N) is 2. The van der Waals surface area contributed by atoms with Gasteiger partial charge in [-0.15, -0.1) is 16.7 Å². The number of esters is 1. The third kappa shape index (κ3) is 3.21. The van der Waals surface area contributed by atoms with E-state index < -0.39 is 5.97 Å². The summed E-state index contributed by atoms with van der Waals surface area (Å²) in [6.45, 7) is 0.167. The second-order valence-electron chi connectivity index (χ2n) is 3.50. The van der Waals surface area contributed by atoms with Gasteiger partial charge in [-0.1, -0.05) is 4.49 Å². The number of carbonyl (C=O) groups is 1. The molecule has 100 valence electrons. The van der Waals surface area contributed by atoms with E-state index in [1.54, 1.807) is 19.2 Å². The Morgan fingerprint density at radius 3 is 2.74 bits per heavy atom. The number of hydrogen-bond donors (Lipinski definition) is 0. The van der Waals surface area contributed by atoms with Crippen molar-refractivity contribution >= 4 is 29.1 Å². The lowest BCUT2D eigenvalue weighted by atomic mass is 10.1. The maximum absolute atomic E-state index is 11.8. The Balaban J connectivity index is 2.25. The van der Waals surface area contributed by atoms with Crippen molar-refractivity contribution in [2.45, 2.75) is 0 Å². The zero-order valence-corrected chi connectivity index (χ0v) is 11.7. The number of hydrogen-bond acceptors (Lipinski definition) is 6. The van der Waals surface area contributed by atoms with Crippen LogP contribution in [0, 0.1) is 0 Å². The van der Waals surface area contributed by atoms with Gasteiger partial charge in [0.1, 0.15) is 18.1 Å². The largest absolute Gasteiger partial charge is 0.497 e. The minimum absolute atomic E-state index is 0.167. The first-order chi connectivity index (χ1) is 9.26. The first-order valence-corrected chi connectivity index (χ1v) is 6.77. The summed E-state index contributed by atoms with van der Waals surface area (Å²) in [6, 6.07) is 7.22. The monoisotopic (exact) mass is 298 g/mol. The number of aromatic nitrogens is 2. The van der Waals surface area contributed by atoms with Crippen LogP contribution in [0.1, 0.15) is 9.67 Å². The summed E-state index contributed by atoms with van der Waals surface area (Å²) in [5.74, 6) is 0.537. The first-order valence-electron chi connectivity index (χ1n) is 5.46.